The van der Waals surface area contributed by atoms with Crippen molar-refractivity contribution in [1.82, 2.24) is 0 Å². The third-order valence-corrected chi connectivity index (χ3v) is 2.36. The molecule has 0 atom stereocenters. The molecular formula is C13H15NO2. The summed E-state index contributed by atoms with van der Waals surface area (Å²) in [7, 11) is 0. The number of nitrogens with two attached hydrogens (primary N) is 1. The Hall–Kier alpha value is -1.90. The molecule has 1 aromatic heterocycles. The molecule has 3 nitrogen and oxygen atoms in total. The maximum Gasteiger partial charge on any atom is 0.146 e. The van der Waals surface area contributed by atoms with Gasteiger partial charge in [-0.2, -0.15) is 0 Å². The maximum atomic E-state index is 5.66. The van der Waals surface area contributed by atoms with Crippen molar-refractivity contribution in [2.45, 2.75) is 20.5 Å². The molecule has 0 unspecified atom stereocenters. The summed E-state index contributed by atoms with van der Waals surface area (Å²) in [5.41, 5.74) is 7.44. The molecule has 0 bridgehead atoms. The Morgan fingerprint density at radius 2 is 2.00 bits per heavy atom. The van der Waals surface area contributed by atoms with Gasteiger partial charge in [0.05, 0.1) is 0 Å². The van der Waals surface area contributed by atoms with Crippen LogP contribution in [0.5, 0.6) is 5.75 Å². The van der Waals surface area contributed by atoms with Gasteiger partial charge in [0.15, 0.2) is 0 Å². The van der Waals surface area contributed by atoms with Crippen molar-refractivity contribution < 1.29 is 9.15 Å². The Kier molecular flexibility index (Phi) is 2.86. The maximum absolute atomic E-state index is 5.66. The van der Waals surface area contributed by atoms with Crippen LogP contribution in [0.15, 0.2) is 34.7 Å². The number of anilines is 1. The molecule has 2 aromatic rings. The van der Waals surface area contributed by atoms with Crippen LogP contribution in [0.1, 0.15) is 17.1 Å². The lowest BCUT2D eigenvalue weighted by Crippen LogP contribution is -1.96. The van der Waals surface area contributed by atoms with Gasteiger partial charge in [0.1, 0.15) is 23.9 Å². The van der Waals surface area contributed by atoms with Gasteiger partial charge in [-0.25, -0.2) is 0 Å². The van der Waals surface area contributed by atoms with Crippen LogP contribution in [-0.2, 0) is 6.61 Å². The molecule has 16 heavy (non-hydrogen) atoms. The molecule has 2 rings (SSSR count). The highest BCUT2D eigenvalue weighted by atomic mass is 16.5. The standard InChI is InChI=1S/C13H15NO2/c1-9-7-11(14)4-6-13(9)15-8-12-5-3-10(2)16-12/h3-7H,8,14H2,1-2H3. The highest BCUT2D eigenvalue weighted by Gasteiger charge is 2.02. The smallest absolute Gasteiger partial charge is 0.146 e. The number of rotatable bonds is 3. The van der Waals surface area contributed by atoms with Gasteiger partial charge in [-0.1, -0.05) is 0 Å². The second-order valence-corrected chi connectivity index (χ2v) is 3.83. The van der Waals surface area contributed by atoms with Crippen molar-refractivity contribution in [2.24, 2.45) is 0 Å². The van der Waals surface area contributed by atoms with Crippen molar-refractivity contribution in [3.05, 3.63) is 47.4 Å². The van der Waals surface area contributed by atoms with Crippen LogP contribution in [0, 0.1) is 13.8 Å². The average molecular weight is 217 g/mol. The van der Waals surface area contributed by atoms with Gasteiger partial charge >= 0.3 is 0 Å². The van der Waals surface area contributed by atoms with Crippen molar-refractivity contribution in [2.75, 3.05) is 5.73 Å². The summed E-state index contributed by atoms with van der Waals surface area (Å²) in [6.07, 6.45) is 0. The minimum absolute atomic E-state index is 0.443. The highest BCUT2D eigenvalue weighted by molar-refractivity contribution is 5.47. The number of ether oxygens (including phenoxy) is 1. The second-order valence-electron chi connectivity index (χ2n) is 3.83. The van der Waals surface area contributed by atoms with E-state index in [4.69, 9.17) is 14.9 Å². The summed E-state index contributed by atoms with van der Waals surface area (Å²) in [6, 6.07) is 9.44. The number of hydrogen-bond donors (Lipinski definition) is 1. The number of benzene rings is 1. The zero-order chi connectivity index (χ0) is 11.5. The van der Waals surface area contributed by atoms with Crippen molar-refractivity contribution in [3.8, 4) is 5.75 Å². The van der Waals surface area contributed by atoms with E-state index in [0.29, 0.717) is 6.61 Å². The second kappa shape index (κ2) is 4.31. The van der Waals surface area contributed by atoms with Crippen LogP contribution >= 0.6 is 0 Å². The highest BCUT2D eigenvalue weighted by Crippen LogP contribution is 2.21. The van der Waals surface area contributed by atoms with Crippen molar-refractivity contribution in [1.29, 1.82) is 0 Å². The van der Waals surface area contributed by atoms with Crippen LogP contribution in [0.25, 0.3) is 0 Å². The van der Waals surface area contributed by atoms with E-state index in [1.54, 1.807) is 0 Å². The van der Waals surface area contributed by atoms with Gasteiger partial charge in [0.2, 0.25) is 0 Å². The number of furan rings is 1. The fourth-order valence-electron chi connectivity index (χ4n) is 1.55. The minimum atomic E-state index is 0.443. The number of hydrogen-bond acceptors (Lipinski definition) is 3. The van der Waals surface area contributed by atoms with Gasteiger partial charge in [-0.15, -0.1) is 0 Å². The topological polar surface area (TPSA) is 48.4 Å². The van der Waals surface area contributed by atoms with Gasteiger partial charge in [0, 0.05) is 5.69 Å². The van der Waals surface area contributed by atoms with Crippen LogP contribution in [-0.4, -0.2) is 0 Å². The first kappa shape index (κ1) is 10.6. The van der Waals surface area contributed by atoms with E-state index in [0.717, 1.165) is 28.5 Å². The fraction of sp³-hybridized carbons (Fsp3) is 0.231. The summed E-state index contributed by atoms with van der Waals surface area (Å²) in [5.74, 6) is 2.56. The number of aryl methyl sites for hydroxylation is 2. The fourth-order valence-corrected chi connectivity index (χ4v) is 1.55. The van der Waals surface area contributed by atoms with E-state index in [1.165, 1.54) is 0 Å². The van der Waals surface area contributed by atoms with E-state index < -0.39 is 0 Å². The summed E-state index contributed by atoms with van der Waals surface area (Å²) in [4.78, 5) is 0. The molecule has 0 amide bonds. The molecule has 0 fully saturated rings. The molecule has 0 spiro atoms. The molecule has 2 N–H and O–H groups in total. The molecule has 3 heteroatoms. The van der Waals surface area contributed by atoms with E-state index in [-0.39, 0.29) is 0 Å². The summed E-state index contributed by atoms with van der Waals surface area (Å²) >= 11 is 0. The Balaban J connectivity index is 2.04. The molecule has 0 saturated heterocycles. The molecule has 0 saturated carbocycles. The Labute approximate surface area is 94.8 Å². The first-order valence-electron chi connectivity index (χ1n) is 5.19. The quantitative estimate of drug-likeness (QED) is 0.804. The molecule has 1 aromatic carbocycles. The lowest BCUT2D eigenvalue weighted by Gasteiger charge is -2.08. The molecule has 0 aliphatic heterocycles. The van der Waals surface area contributed by atoms with Gasteiger partial charge < -0.3 is 14.9 Å². The average Bonchev–Trinajstić information content (AvgIpc) is 2.63. The first-order chi connectivity index (χ1) is 7.65. The molecule has 0 aliphatic carbocycles. The van der Waals surface area contributed by atoms with E-state index in [1.807, 2.05) is 44.2 Å². The summed E-state index contributed by atoms with van der Waals surface area (Å²) in [5, 5.41) is 0. The first-order valence-corrected chi connectivity index (χ1v) is 5.19. The Bertz CT molecular complexity index is 488. The van der Waals surface area contributed by atoms with E-state index in [2.05, 4.69) is 0 Å². The molecule has 0 radical (unpaired) electrons. The van der Waals surface area contributed by atoms with Crippen LogP contribution < -0.4 is 10.5 Å². The largest absolute Gasteiger partial charge is 0.485 e. The Morgan fingerprint density at radius 1 is 1.19 bits per heavy atom. The van der Waals surface area contributed by atoms with E-state index in [9.17, 15) is 0 Å². The van der Waals surface area contributed by atoms with Crippen LogP contribution in [0.3, 0.4) is 0 Å². The summed E-state index contributed by atoms with van der Waals surface area (Å²) in [6.45, 7) is 4.33. The normalized spacial score (nSPS) is 10.4. The van der Waals surface area contributed by atoms with E-state index >= 15 is 0 Å². The predicted octanol–water partition coefficient (Wildman–Crippen LogP) is 3.06. The third-order valence-electron chi connectivity index (χ3n) is 2.36. The zero-order valence-electron chi connectivity index (χ0n) is 9.49. The third kappa shape index (κ3) is 2.37. The van der Waals surface area contributed by atoms with Crippen LogP contribution in [0.4, 0.5) is 5.69 Å². The molecule has 1 heterocycles. The summed E-state index contributed by atoms with van der Waals surface area (Å²) < 4.78 is 11.1. The zero-order valence-corrected chi connectivity index (χ0v) is 9.49. The monoisotopic (exact) mass is 217 g/mol. The lowest BCUT2D eigenvalue weighted by molar-refractivity contribution is 0.266. The molecule has 0 aliphatic rings. The lowest BCUT2D eigenvalue weighted by atomic mass is 10.2. The van der Waals surface area contributed by atoms with Crippen molar-refractivity contribution in [3.63, 3.8) is 0 Å². The number of nitrogen functional groups attached to an aromatic ring is 1. The van der Waals surface area contributed by atoms with Crippen LogP contribution in [0.2, 0.25) is 0 Å². The Morgan fingerprint density at radius 3 is 2.62 bits per heavy atom. The molecular weight excluding hydrogens is 202 g/mol. The molecule has 84 valence electrons. The SMILES string of the molecule is Cc1ccc(COc2ccc(N)cc2C)o1. The minimum Gasteiger partial charge on any atom is -0.485 e. The van der Waals surface area contributed by atoms with Crippen molar-refractivity contribution >= 4 is 5.69 Å². The van der Waals surface area contributed by atoms with Gasteiger partial charge in [-0.05, 0) is 49.7 Å². The van der Waals surface area contributed by atoms with Gasteiger partial charge in [-0.3, -0.25) is 0 Å². The predicted molar refractivity (Wildman–Crippen MR) is 63.4 cm³/mol. The van der Waals surface area contributed by atoms with Gasteiger partial charge in [0.25, 0.3) is 0 Å².